The Balaban J connectivity index is 1.46. The maximum atomic E-state index is 13.2. The molecular weight excluding hydrogens is 522 g/mol. The smallest absolute Gasteiger partial charge is 0.270 e. The van der Waals surface area contributed by atoms with Crippen molar-refractivity contribution in [2.45, 2.75) is 13.8 Å². The third-order valence-corrected chi connectivity index (χ3v) is 7.22. The first-order chi connectivity index (χ1) is 19.8. The van der Waals surface area contributed by atoms with Crippen LogP contribution >= 0.6 is 0 Å². The number of hydrogen-bond donors (Lipinski definition) is 2. The Morgan fingerprint density at radius 1 is 1.07 bits per heavy atom. The third kappa shape index (κ3) is 6.29. The number of anilines is 3. The predicted octanol–water partition coefficient (Wildman–Crippen LogP) is 4.85. The summed E-state index contributed by atoms with van der Waals surface area (Å²) in [7, 11) is 0. The molecule has 2 heterocycles. The third-order valence-electron chi connectivity index (χ3n) is 7.22. The molecule has 0 saturated carbocycles. The van der Waals surface area contributed by atoms with E-state index in [1.165, 1.54) is 12.1 Å². The summed E-state index contributed by atoms with van der Waals surface area (Å²) in [6, 6.07) is 21.2. The summed E-state index contributed by atoms with van der Waals surface area (Å²) in [5, 5.41) is 17.7. The van der Waals surface area contributed by atoms with E-state index in [1.807, 2.05) is 73.3 Å². The summed E-state index contributed by atoms with van der Waals surface area (Å²) in [6.45, 7) is 8.22. The molecule has 3 aromatic rings. The van der Waals surface area contributed by atoms with Crippen molar-refractivity contribution in [2.75, 3.05) is 54.9 Å². The maximum absolute atomic E-state index is 13.2. The largest absolute Gasteiger partial charge is 0.379 e. The SMILES string of the molecule is CC(C)C(=O)N(CCN1CCOCC1)c1ccc(NC(=C2C(=O)Nc3ccc([N+](=O)[O-])cc32)c2ccccc2)cc1. The minimum absolute atomic E-state index is 0.0480. The van der Waals surface area contributed by atoms with Gasteiger partial charge in [0.05, 0.1) is 29.4 Å². The molecule has 3 aromatic carbocycles. The number of carbonyl (C=O) groups is 2. The van der Waals surface area contributed by atoms with Gasteiger partial charge >= 0.3 is 0 Å². The van der Waals surface area contributed by atoms with E-state index in [0.29, 0.717) is 48.0 Å². The molecule has 2 amide bonds. The van der Waals surface area contributed by atoms with Gasteiger partial charge in [-0.3, -0.25) is 24.6 Å². The highest BCUT2D eigenvalue weighted by Crippen LogP contribution is 2.39. The molecule has 10 heteroatoms. The lowest BCUT2D eigenvalue weighted by Gasteiger charge is -2.31. The highest BCUT2D eigenvalue weighted by Gasteiger charge is 2.30. The zero-order valence-corrected chi connectivity index (χ0v) is 23.1. The number of nitrogens with one attached hydrogen (secondary N) is 2. The van der Waals surface area contributed by atoms with Gasteiger partial charge in [-0.05, 0) is 35.9 Å². The number of carbonyl (C=O) groups excluding carboxylic acids is 2. The molecule has 1 saturated heterocycles. The maximum Gasteiger partial charge on any atom is 0.270 e. The van der Waals surface area contributed by atoms with Gasteiger partial charge < -0.3 is 20.3 Å². The average molecular weight is 556 g/mol. The summed E-state index contributed by atoms with van der Waals surface area (Å²) in [4.78, 5) is 41.4. The molecule has 5 rings (SSSR count). The number of fused-ring (bicyclic) bond motifs is 1. The second kappa shape index (κ2) is 12.3. The zero-order valence-electron chi connectivity index (χ0n) is 23.1. The number of nitro benzene ring substituents is 1. The van der Waals surface area contributed by atoms with Crippen LogP contribution in [0.2, 0.25) is 0 Å². The van der Waals surface area contributed by atoms with Gasteiger partial charge in [0.2, 0.25) is 5.91 Å². The lowest BCUT2D eigenvalue weighted by atomic mass is 9.99. The number of non-ortho nitro benzene ring substituents is 1. The Morgan fingerprint density at radius 2 is 1.78 bits per heavy atom. The molecule has 0 spiro atoms. The summed E-state index contributed by atoms with van der Waals surface area (Å²) in [6.07, 6.45) is 0. The molecule has 41 heavy (non-hydrogen) atoms. The topological polar surface area (TPSA) is 117 Å². The fourth-order valence-electron chi connectivity index (χ4n) is 5.01. The number of hydrogen-bond acceptors (Lipinski definition) is 7. The summed E-state index contributed by atoms with van der Waals surface area (Å²) >= 11 is 0. The van der Waals surface area contributed by atoms with Crippen molar-refractivity contribution in [2.24, 2.45) is 5.92 Å². The minimum Gasteiger partial charge on any atom is -0.379 e. The van der Waals surface area contributed by atoms with E-state index in [0.717, 1.165) is 30.9 Å². The van der Waals surface area contributed by atoms with E-state index < -0.39 is 4.92 Å². The predicted molar refractivity (Wildman–Crippen MR) is 159 cm³/mol. The van der Waals surface area contributed by atoms with E-state index in [1.54, 1.807) is 6.07 Å². The van der Waals surface area contributed by atoms with Crippen LogP contribution in [-0.2, 0) is 14.3 Å². The van der Waals surface area contributed by atoms with Crippen molar-refractivity contribution in [3.05, 3.63) is 94.0 Å². The number of benzene rings is 3. The molecular formula is C31H33N5O5. The first-order valence-corrected chi connectivity index (χ1v) is 13.7. The van der Waals surface area contributed by atoms with Crippen LogP contribution in [-0.4, -0.2) is 61.0 Å². The van der Waals surface area contributed by atoms with E-state index in [9.17, 15) is 19.7 Å². The molecule has 2 aliphatic heterocycles. The van der Waals surface area contributed by atoms with Gasteiger partial charge in [0.1, 0.15) is 0 Å². The molecule has 0 atom stereocenters. The van der Waals surface area contributed by atoms with Crippen LogP contribution in [0.1, 0.15) is 25.0 Å². The first kappa shape index (κ1) is 28.0. The molecule has 212 valence electrons. The quantitative estimate of drug-likeness (QED) is 0.220. The second-order valence-corrected chi connectivity index (χ2v) is 10.3. The average Bonchev–Trinajstić information content (AvgIpc) is 3.32. The number of nitrogens with zero attached hydrogens (tertiary/aromatic N) is 3. The Hall–Kier alpha value is -4.54. The van der Waals surface area contributed by atoms with Crippen molar-refractivity contribution in [1.82, 2.24) is 4.90 Å². The Labute approximate surface area is 238 Å². The highest BCUT2D eigenvalue weighted by molar-refractivity contribution is 6.37. The fourth-order valence-corrected chi connectivity index (χ4v) is 5.01. The monoisotopic (exact) mass is 555 g/mol. The van der Waals surface area contributed by atoms with Crippen LogP contribution < -0.4 is 15.5 Å². The summed E-state index contributed by atoms with van der Waals surface area (Å²) in [5.41, 5.74) is 3.98. The van der Waals surface area contributed by atoms with E-state index in [4.69, 9.17) is 4.74 Å². The standard InChI is InChI=1S/C31H33N5O5/c1-21(2)31(38)35(15-14-34-16-18-41-19-17-34)24-10-8-23(9-11-24)32-29(22-6-4-3-5-7-22)28-26-20-25(36(39)40)12-13-27(26)33-30(28)37/h3-13,20-21,32H,14-19H2,1-2H3,(H,33,37). The molecule has 1 fully saturated rings. The number of ether oxygens (including phenoxy) is 1. The minimum atomic E-state index is -0.474. The van der Waals surface area contributed by atoms with Crippen molar-refractivity contribution in [3.63, 3.8) is 0 Å². The normalized spacial score (nSPS) is 16.2. The van der Waals surface area contributed by atoms with Crippen LogP contribution in [0.3, 0.4) is 0 Å². The van der Waals surface area contributed by atoms with Crippen LogP contribution in [0.4, 0.5) is 22.7 Å². The molecule has 10 nitrogen and oxygen atoms in total. The lowest BCUT2D eigenvalue weighted by Crippen LogP contribution is -2.44. The number of amides is 2. The first-order valence-electron chi connectivity index (χ1n) is 13.7. The van der Waals surface area contributed by atoms with Gasteiger partial charge in [0.25, 0.3) is 11.6 Å². The van der Waals surface area contributed by atoms with Crippen molar-refractivity contribution >= 4 is 45.8 Å². The van der Waals surface area contributed by atoms with Crippen LogP contribution in [0, 0.1) is 16.0 Å². The fraction of sp³-hybridized carbons (Fsp3) is 0.290. The van der Waals surface area contributed by atoms with Crippen LogP contribution in [0.15, 0.2) is 72.8 Å². The van der Waals surface area contributed by atoms with E-state index in [2.05, 4.69) is 15.5 Å². The molecule has 0 aliphatic carbocycles. The summed E-state index contributed by atoms with van der Waals surface area (Å²) < 4.78 is 5.45. The zero-order chi connectivity index (χ0) is 28.9. The van der Waals surface area contributed by atoms with Gasteiger partial charge in [0.15, 0.2) is 0 Å². The number of morpholine rings is 1. The molecule has 2 N–H and O–H groups in total. The van der Waals surface area contributed by atoms with Gasteiger partial charge in [-0.2, -0.15) is 0 Å². The molecule has 0 bridgehead atoms. The van der Waals surface area contributed by atoms with Crippen molar-refractivity contribution < 1.29 is 19.2 Å². The lowest BCUT2D eigenvalue weighted by molar-refractivity contribution is -0.384. The number of rotatable bonds is 9. The van der Waals surface area contributed by atoms with Gasteiger partial charge in [0, 0.05) is 66.9 Å². The molecule has 2 aliphatic rings. The van der Waals surface area contributed by atoms with E-state index in [-0.39, 0.29) is 23.4 Å². The Kier molecular flexibility index (Phi) is 8.42. The molecule has 0 radical (unpaired) electrons. The molecule has 0 aromatic heterocycles. The molecule has 0 unspecified atom stereocenters. The summed E-state index contributed by atoms with van der Waals surface area (Å²) in [5.74, 6) is -0.455. The van der Waals surface area contributed by atoms with Gasteiger partial charge in [-0.1, -0.05) is 44.2 Å². The number of nitro groups is 1. The van der Waals surface area contributed by atoms with Crippen LogP contribution in [0.25, 0.3) is 11.3 Å². The van der Waals surface area contributed by atoms with Crippen LogP contribution in [0.5, 0.6) is 0 Å². The second-order valence-electron chi connectivity index (χ2n) is 10.3. The Bertz CT molecular complexity index is 1460. The van der Waals surface area contributed by atoms with Gasteiger partial charge in [-0.25, -0.2) is 0 Å². The highest BCUT2D eigenvalue weighted by atomic mass is 16.6. The Morgan fingerprint density at radius 3 is 2.44 bits per heavy atom. The van der Waals surface area contributed by atoms with E-state index >= 15 is 0 Å². The van der Waals surface area contributed by atoms with Crippen molar-refractivity contribution in [1.29, 1.82) is 0 Å². The van der Waals surface area contributed by atoms with Gasteiger partial charge in [-0.15, -0.1) is 0 Å². The van der Waals surface area contributed by atoms with Crippen molar-refractivity contribution in [3.8, 4) is 0 Å².